The molecule has 0 saturated carbocycles. The van der Waals surface area contributed by atoms with Crippen LogP contribution in [0.15, 0.2) is 9.59 Å². The third-order valence-electron chi connectivity index (χ3n) is 3.32. The summed E-state index contributed by atoms with van der Waals surface area (Å²) in [5, 5.41) is 0. The van der Waals surface area contributed by atoms with Crippen LogP contribution in [0, 0.1) is 0 Å². The lowest BCUT2D eigenvalue weighted by molar-refractivity contribution is 0.578. The van der Waals surface area contributed by atoms with E-state index in [1.54, 1.807) is 11.5 Å². The molecule has 2 aromatic rings. The standard InChI is InChI=1S/C12H20N6O2/c1-4-7-18-9-8(10(19)17(6-3)12(18)20)16(5-2)11(14-9)15-13/h4-7,13H2,1-3H3,(H,14,15). The summed E-state index contributed by atoms with van der Waals surface area (Å²) >= 11 is 0. The lowest BCUT2D eigenvalue weighted by Crippen LogP contribution is -2.40. The molecule has 3 N–H and O–H groups in total. The average molecular weight is 280 g/mol. The molecule has 0 aliphatic rings. The number of hydrogen-bond donors (Lipinski definition) is 2. The number of nitrogen functional groups attached to an aromatic ring is 1. The highest BCUT2D eigenvalue weighted by Crippen LogP contribution is 2.15. The second-order valence-corrected chi connectivity index (χ2v) is 4.48. The van der Waals surface area contributed by atoms with E-state index < -0.39 is 0 Å². The molecule has 0 saturated heterocycles. The second-order valence-electron chi connectivity index (χ2n) is 4.48. The molecule has 0 aliphatic carbocycles. The van der Waals surface area contributed by atoms with Crippen molar-refractivity contribution in [1.29, 1.82) is 0 Å². The normalized spacial score (nSPS) is 11.2. The summed E-state index contributed by atoms with van der Waals surface area (Å²) in [6.07, 6.45) is 0.779. The molecule has 8 nitrogen and oxygen atoms in total. The molecule has 0 atom stereocenters. The molecule has 8 heteroatoms. The first-order valence-electron chi connectivity index (χ1n) is 6.81. The number of nitrogens with zero attached hydrogens (tertiary/aromatic N) is 4. The molecule has 2 heterocycles. The Balaban J connectivity index is 3.00. The third kappa shape index (κ3) is 1.92. The molecule has 0 fully saturated rings. The van der Waals surface area contributed by atoms with Crippen molar-refractivity contribution in [2.45, 2.75) is 46.8 Å². The van der Waals surface area contributed by atoms with Crippen LogP contribution < -0.4 is 22.5 Å². The highest BCUT2D eigenvalue weighted by Gasteiger charge is 2.19. The number of aryl methyl sites for hydroxylation is 2. The quantitative estimate of drug-likeness (QED) is 0.597. The van der Waals surface area contributed by atoms with E-state index in [2.05, 4.69) is 10.4 Å². The van der Waals surface area contributed by atoms with Crippen LogP contribution in [-0.2, 0) is 19.6 Å². The van der Waals surface area contributed by atoms with Crippen molar-refractivity contribution >= 4 is 17.1 Å². The van der Waals surface area contributed by atoms with E-state index in [0.717, 1.165) is 6.42 Å². The fraction of sp³-hybridized carbons (Fsp3) is 0.583. The zero-order valence-electron chi connectivity index (χ0n) is 12.0. The monoisotopic (exact) mass is 280 g/mol. The van der Waals surface area contributed by atoms with Crippen molar-refractivity contribution in [3.8, 4) is 0 Å². The zero-order valence-corrected chi connectivity index (χ0v) is 12.0. The number of rotatable bonds is 5. The number of hydrogen-bond acceptors (Lipinski definition) is 5. The summed E-state index contributed by atoms with van der Waals surface area (Å²) < 4.78 is 4.45. The molecular weight excluding hydrogens is 260 g/mol. The van der Waals surface area contributed by atoms with Crippen molar-refractivity contribution in [2.75, 3.05) is 5.43 Å². The Morgan fingerprint density at radius 1 is 1.10 bits per heavy atom. The predicted octanol–water partition coefficient (Wildman–Crippen LogP) is 0.0951. The fourth-order valence-electron chi connectivity index (χ4n) is 2.41. The van der Waals surface area contributed by atoms with Crippen molar-refractivity contribution in [2.24, 2.45) is 5.84 Å². The van der Waals surface area contributed by atoms with Crippen LogP contribution >= 0.6 is 0 Å². The summed E-state index contributed by atoms with van der Waals surface area (Å²) in [6.45, 7) is 7.03. The minimum absolute atomic E-state index is 0.323. The minimum Gasteiger partial charge on any atom is -0.304 e. The number of fused-ring (bicyclic) bond motifs is 1. The van der Waals surface area contributed by atoms with Crippen LogP contribution in [0.25, 0.3) is 11.2 Å². The number of aromatic nitrogens is 4. The number of nitrogens with one attached hydrogen (secondary N) is 1. The van der Waals surface area contributed by atoms with Gasteiger partial charge < -0.3 is 4.57 Å². The Bertz CT molecular complexity index is 739. The summed E-state index contributed by atoms with van der Waals surface area (Å²) in [6, 6.07) is 0. The van der Waals surface area contributed by atoms with Crippen LogP contribution in [0.1, 0.15) is 27.2 Å². The number of imidazole rings is 1. The largest absolute Gasteiger partial charge is 0.332 e. The maximum absolute atomic E-state index is 12.5. The summed E-state index contributed by atoms with van der Waals surface area (Å²) in [7, 11) is 0. The SMILES string of the molecule is CCCn1c(=O)n(CC)c(=O)c2c1nc(NN)n2CC. The van der Waals surface area contributed by atoms with Crippen LogP contribution in [0.3, 0.4) is 0 Å². The highest BCUT2D eigenvalue weighted by atomic mass is 16.2. The minimum atomic E-state index is -0.323. The van der Waals surface area contributed by atoms with Gasteiger partial charge in [0.05, 0.1) is 0 Å². The van der Waals surface area contributed by atoms with E-state index in [-0.39, 0.29) is 11.2 Å². The Morgan fingerprint density at radius 3 is 2.25 bits per heavy atom. The van der Waals surface area contributed by atoms with Crippen molar-refractivity contribution in [3.05, 3.63) is 20.8 Å². The molecule has 0 amide bonds. The third-order valence-corrected chi connectivity index (χ3v) is 3.32. The zero-order chi connectivity index (χ0) is 14.9. The first-order chi connectivity index (χ1) is 9.60. The van der Waals surface area contributed by atoms with E-state index in [0.29, 0.717) is 36.7 Å². The molecule has 0 aromatic carbocycles. The van der Waals surface area contributed by atoms with E-state index in [1.165, 1.54) is 9.13 Å². The second kappa shape index (κ2) is 5.49. The van der Waals surface area contributed by atoms with Crippen LogP contribution in [0.4, 0.5) is 5.95 Å². The smallest absolute Gasteiger partial charge is 0.304 e. The maximum Gasteiger partial charge on any atom is 0.332 e. The maximum atomic E-state index is 12.5. The van der Waals surface area contributed by atoms with Crippen LogP contribution in [0.2, 0.25) is 0 Å². The van der Waals surface area contributed by atoms with Gasteiger partial charge in [0.1, 0.15) is 0 Å². The van der Waals surface area contributed by atoms with Gasteiger partial charge in [-0.15, -0.1) is 0 Å². The van der Waals surface area contributed by atoms with Gasteiger partial charge in [-0.05, 0) is 20.3 Å². The van der Waals surface area contributed by atoms with Gasteiger partial charge in [0, 0.05) is 19.6 Å². The average Bonchev–Trinajstić information content (AvgIpc) is 2.82. The summed E-state index contributed by atoms with van der Waals surface area (Å²) in [4.78, 5) is 29.1. The summed E-state index contributed by atoms with van der Waals surface area (Å²) in [5.41, 5.74) is 2.63. The summed E-state index contributed by atoms with van der Waals surface area (Å²) in [5.74, 6) is 5.83. The van der Waals surface area contributed by atoms with Gasteiger partial charge in [-0.3, -0.25) is 19.4 Å². The Morgan fingerprint density at radius 2 is 1.75 bits per heavy atom. The van der Waals surface area contributed by atoms with Crippen LogP contribution in [-0.4, -0.2) is 18.7 Å². The Labute approximate surface area is 115 Å². The molecule has 0 spiro atoms. The van der Waals surface area contributed by atoms with Gasteiger partial charge in [0.2, 0.25) is 5.95 Å². The fourth-order valence-corrected chi connectivity index (χ4v) is 2.41. The van der Waals surface area contributed by atoms with Gasteiger partial charge in [-0.2, -0.15) is 4.98 Å². The molecule has 0 aliphatic heterocycles. The molecule has 0 unspecified atom stereocenters. The van der Waals surface area contributed by atoms with Crippen molar-refractivity contribution in [1.82, 2.24) is 18.7 Å². The first-order valence-corrected chi connectivity index (χ1v) is 6.81. The molecule has 2 aromatic heterocycles. The lowest BCUT2D eigenvalue weighted by Gasteiger charge is -2.10. The molecule has 0 bridgehead atoms. The number of anilines is 1. The number of nitrogens with two attached hydrogens (primary N) is 1. The first kappa shape index (κ1) is 14.3. The van der Waals surface area contributed by atoms with Gasteiger partial charge in [0.15, 0.2) is 11.2 Å². The van der Waals surface area contributed by atoms with Gasteiger partial charge >= 0.3 is 5.69 Å². The van der Waals surface area contributed by atoms with Crippen molar-refractivity contribution < 1.29 is 0 Å². The Hall–Kier alpha value is -2.09. The van der Waals surface area contributed by atoms with E-state index >= 15 is 0 Å². The molecule has 110 valence electrons. The topological polar surface area (TPSA) is 99.9 Å². The highest BCUT2D eigenvalue weighted by molar-refractivity contribution is 5.74. The van der Waals surface area contributed by atoms with Gasteiger partial charge in [-0.25, -0.2) is 10.6 Å². The lowest BCUT2D eigenvalue weighted by atomic mass is 10.4. The predicted molar refractivity (Wildman–Crippen MR) is 77.7 cm³/mol. The Kier molecular flexibility index (Phi) is 3.93. The van der Waals surface area contributed by atoms with E-state index in [9.17, 15) is 9.59 Å². The molecule has 2 rings (SSSR count). The van der Waals surface area contributed by atoms with E-state index in [4.69, 9.17) is 5.84 Å². The van der Waals surface area contributed by atoms with Crippen molar-refractivity contribution in [3.63, 3.8) is 0 Å². The number of hydrazine groups is 1. The molecule has 20 heavy (non-hydrogen) atoms. The van der Waals surface area contributed by atoms with E-state index in [1.807, 2.05) is 13.8 Å². The van der Waals surface area contributed by atoms with Gasteiger partial charge in [0.25, 0.3) is 5.56 Å². The molecular formula is C12H20N6O2. The van der Waals surface area contributed by atoms with Crippen LogP contribution in [0.5, 0.6) is 0 Å². The van der Waals surface area contributed by atoms with Gasteiger partial charge in [-0.1, -0.05) is 6.92 Å². The molecule has 0 radical (unpaired) electrons.